The van der Waals surface area contributed by atoms with Crippen molar-refractivity contribution in [2.45, 2.75) is 23.8 Å². The number of sulfonamides is 1. The molecule has 0 aliphatic carbocycles. The summed E-state index contributed by atoms with van der Waals surface area (Å²) in [6, 6.07) is 10.6. The third kappa shape index (κ3) is 4.17. The summed E-state index contributed by atoms with van der Waals surface area (Å²) >= 11 is 1.14. The lowest BCUT2D eigenvalue weighted by Crippen LogP contribution is -2.41. The minimum absolute atomic E-state index is 0.158. The molecular weight excluding hydrogens is 376 g/mol. The van der Waals surface area contributed by atoms with Crippen LogP contribution in [0.4, 0.5) is 0 Å². The Morgan fingerprint density at radius 1 is 1.27 bits per heavy atom. The van der Waals surface area contributed by atoms with Crippen molar-refractivity contribution in [3.63, 3.8) is 0 Å². The van der Waals surface area contributed by atoms with Crippen molar-refractivity contribution in [3.8, 4) is 11.5 Å². The van der Waals surface area contributed by atoms with Crippen LogP contribution in [0.5, 0.6) is 11.5 Å². The van der Waals surface area contributed by atoms with E-state index >= 15 is 0 Å². The largest absolute Gasteiger partial charge is 0.486 e. The fourth-order valence-electron chi connectivity index (χ4n) is 2.50. The molecule has 0 spiro atoms. The lowest BCUT2D eigenvalue weighted by molar-refractivity contribution is -0.119. The van der Waals surface area contributed by atoms with Gasteiger partial charge >= 0.3 is 0 Å². The van der Waals surface area contributed by atoms with Crippen LogP contribution < -0.4 is 14.8 Å². The van der Waals surface area contributed by atoms with Crippen molar-refractivity contribution in [2.75, 3.05) is 20.2 Å². The van der Waals surface area contributed by atoms with Gasteiger partial charge in [0.1, 0.15) is 16.9 Å². The summed E-state index contributed by atoms with van der Waals surface area (Å²) in [4.78, 5) is 11.8. The molecule has 1 unspecified atom stereocenters. The minimum atomic E-state index is -3.63. The number of hydrogen-bond donors (Lipinski definition) is 1. The average molecular weight is 396 g/mol. The van der Waals surface area contributed by atoms with Gasteiger partial charge in [-0.2, -0.15) is 4.31 Å². The van der Waals surface area contributed by atoms with Crippen molar-refractivity contribution in [3.05, 3.63) is 41.3 Å². The van der Waals surface area contributed by atoms with Gasteiger partial charge in [-0.15, -0.1) is 11.3 Å². The number of amides is 1. The zero-order valence-electron chi connectivity index (χ0n) is 14.5. The normalized spacial score (nSPS) is 16.5. The number of fused-ring (bicyclic) bond motifs is 1. The molecule has 1 aromatic carbocycles. The van der Waals surface area contributed by atoms with Crippen LogP contribution in [-0.2, 0) is 21.4 Å². The molecule has 1 atom stereocenters. The van der Waals surface area contributed by atoms with Crippen molar-refractivity contribution in [1.82, 2.24) is 9.62 Å². The molecule has 0 saturated heterocycles. The maximum absolute atomic E-state index is 12.8. The molecule has 1 aromatic heterocycles. The summed E-state index contributed by atoms with van der Waals surface area (Å²) in [5.74, 6) is 1.12. The molecule has 140 valence electrons. The maximum atomic E-state index is 12.8. The first-order chi connectivity index (χ1) is 12.4. The Hall–Kier alpha value is -2.10. The Kier molecular flexibility index (Phi) is 5.49. The Morgan fingerprint density at radius 3 is 2.73 bits per heavy atom. The highest BCUT2D eigenvalue weighted by Crippen LogP contribution is 2.31. The third-order valence-electron chi connectivity index (χ3n) is 3.84. The molecule has 9 heteroatoms. The van der Waals surface area contributed by atoms with Crippen LogP contribution in [0, 0.1) is 0 Å². The number of hydrogen-bond acceptors (Lipinski definition) is 6. The second kappa shape index (κ2) is 7.65. The first-order valence-electron chi connectivity index (χ1n) is 8.04. The Morgan fingerprint density at radius 2 is 2.00 bits per heavy atom. The zero-order valence-corrected chi connectivity index (χ0v) is 16.1. The minimum Gasteiger partial charge on any atom is -0.486 e. The maximum Gasteiger partial charge on any atom is 0.252 e. The molecule has 3 rings (SSSR count). The van der Waals surface area contributed by atoms with E-state index in [0.717, 1.165) is 16.2 Å². The van der Waals surface area contributed by atoms with Gasteiger partial charge in [-0.25, -0.2) is 8.42 Å². The lowest BCUT2D eigenvalue weighted by Gasteiger charge is -2.29. The van der Waals surface area contributed by atoms with Gasteiger partial charge in [-0.3, -0.25) is 4.79 Å². The first kappa shape index (κ1) is 18.7. The number of para-hydroxylation sites is 2. The molecule has 0 saturated carbocycles. The van der Waals surface area contributed by atoms with E-state index in [1.807, 2.05) is 18.2 Å². The van der Waals surface area contributed by atoms with Gasteiger partial charge in [0.05, 0.1) is 13.1 Å². The van der Waals surface area contributed by atoms with Gasteiger partial charge in [0.25, 0.3) is 10.0 Å². The molecule has 0 radical (unpaired) electrons. The van der Waals surface area contributed by atoms with Crippen molar-refractivity contribution in [1.29, 1.82) is 0 Å². The van der Waals surface area contributed by atoms with E-state index in [-0.39, 0.29) is 29.4 Å². The van der Waals surface area contributed by atoms with E-state index in [0.29, 0.717) is 18.0 Å². The van der Waals surface area contributed by atoms with Gasteiger partial charge < -0.3 is 14.8 Å². The molecule has 2 aromatic rings. The van der Waals surface area contributed by atoms with E-state index in [4.69, 9.17) is 9.47 Å². The van der Waals surface area contributed by atoms with Crippen LogP contribution in [0.15, 0.2) is 40.6 Å². The highest BCUT2D eigenvalue weighted by Gasteiger charge is 2.29. The van der Waals surface area contributed by atoms with E-state index in [1.54, 1.807) is 18.2 Å². The number of nitrogens with one attached hydrogen (secondary N) is 1. The molecule has 7 nitrogen and oxygen atoms in total. The van der Waals surface area contributed by atoms with Gasteiger partial charge in [0, 0.05) is 18.8 Å². The number of likely N-dealkylation sites (N-methyl/N-ethyl adjacent to an activating group) is 1. The van der Waals surface area contributed by atoms with Gasteiger partial charge in [0.2, 0.25) is 5.91 Å². The Bertz CT molecular complexity index is 894. The molecule has 0 fully saturated rings. The second-order valence-corrected chi connectivity index (χ2v) is 9.35. The number of ether oxygens (including phenoxy) is 2. The lowest BCUT2D eigenvalue weighted by atomic mass is 10.2. The molecule has 1 N–H and O–H groups in total. The SMILES string of the molecule is CC(=O)NCc1ccc(S(=O)(=O)N(C)CC2COc3ccccc3O2)s1. The molecule has 26 heavy (non-hydrogen) atoms. The second-order valence-electron chi connectivity index (χ2n) is 5.91. The average Bonchev–Trinajstić information content (AvgIpc) is 3.09. The molecule has 1 amide bonds. The van der Waals surface area contributed by atoms with Crippen molar-refractivity contribution in [2.24, 2.45) is 0 Å². The monoisotopic (exact) mass is 396 g/mol. The molecular formula is C17H20N2O5S2. The third-order valence-corrected chi connectivity index (χ3v) is 7.22. The molecule has 1 aliphatic heterocycles. The highest BCUT2D eigenvalue weighted by molar-refractivity contribution is 7.91. The van der Waals surface area contributed by atoms with Crippen LogP contribution in [0.1, 0.15) is 11.8 Å². The Labute approximate surface area is 156 Å². The number of benzene rings is 1. The fourth-order valence-corrected chi connectivity index (χ4v) is 5.20. The Balaban J connectivity index is 1.65. The number of carbonyl (C=O) groups is 1. The number of nitrogens with zero attached hydrogens (tertiary/aromatic N) is 1. The van der Waals surface area contributed by atoms with Gasteiger partial charge in [-0.05, 0) is 24.3 Å². The van der Waals surface area contributed by atoms with E-state index in [9.17, 15) is 13.2 Å². The van der Waals surface area contributed by atoms with Crippen LogP contribution in [0.3, 0.4) is 0 Å². The fraction of sp³-hybridized carbons (Fsp3) is 0.353. The van der Waals surface area contributed by atoms with Crippen LogP contribution in [0.25, 0.3) is 0 Å². The molecule has 1 aliphatic rings. The first-order valence-corrected chi connectivity index (χ1v) is 10.3. The van der Waals surface area contributed by atoms with Crippen LogP contribution in [-0.4, -0.2) is 44.9 Å². The summed E-state index contributed by atoms with van der Waals surface area (Å²) in [6.07, 6.45) is -0.386. The molecule has 0 bridgehead atoms. The topological polar surface area (TPSA) is 84.9 Å². The summed E-state index contributed by atoms with van der Waals surface area (Å²) in [6.45, 7) is 2.20. The van der Waals surface area contributed by atoms with Gasteiger partial charge in [0.15, 0.2) is 11.5 Å². The number of thiophene rings is 1. The molecule has 2 heterocycles. The van der Waals surface area contributed by atoms with E-state index < -0.39 is 10.0 Å². The summed E-state index contributed by atoms with van der Waals surface area (Å²) < 4.78 is 38.5. The number of carbonyl (C=O) groups excluding carboxylic acids is 1. The predicted octanol–water partition coefficient (Wildman–Crippen LogP) is 1.84. The van der Waals surface area contributed by atoms with E-state index in [1.165, 1.54) is 18.3 Å². The highest BCUT2D eigenvalue weighted by atomic mass is 32.2. The smallest absolute Gasteiger partial charge is 0.252 e. The zero-order chi connectivity index (χ0) is 18.7. The standard InChI is InChI=1S/C17H20N2O5S2/c1-12(20)18-9-14-7-8-17(25-14)26(21,22)19(2)10-13-11-23-15-5-3-4-6-16(15)24-13/h3-8,13H,9-11H2,1-2H3,(H,18,20). The summed E-state index contributed by atoms with van der Waals surface area (Å²) in [7, 11) is -2.11. The van der Waals surface area contributed by atoms with Crippen LogP contribution >= 0.6 is 11.3 Å². The summed E-state index contributed by atoms with van der Waals surface area (Å²) in [5.41, 5.74) is 0. The van der Waals surface area contributed by atoms with E-state index in [2.05, 4.69) is 5.32 Å². The van der Waals surface area contributed by atoms with Crippen molar-refractivity contribution < 1.29 is 22.7 Å². The predicted molar refractivity (Wildman–Crippen MR) is 98.0 cm³/mol. The van der Waals surface area contributed by atoms with Gasteiger partial charge in [-0.1, -0.05) is 12.1 Å². The van der Waals surface area contributed by atoms with Crippen molar-refractivity contribution >= 4 is 27.3 Å². The quantitative estimate of drug-likeness (QED) is 0.805. The summed E-state index contributed by atoms with van der Waals surface area (Å²) in [5, 5.41) is 2.66. The van der Waals surface area contributed by atoms with Crippen LogP contribution in [0.2, 0.25) is 0 Å². The number of rotatable bonds is 6.